The first-order valence-corrected chi connectivity index (χ1v) is 6.10. The maximum Gasteiger partial charge on any atom is 0.126 e. The number of nitrogens with two attached hydrogens (primary N) is 1. The van der Waals surface area contributed by atoms with Crippen LogP contribution in [-0.4, -0.2) is 7.11 Å². The maximum atomic E-state index is 5.79. The highest BCUT2D eigenvalue weighted by Gasteiger charge is 2.08. The number of ether oxygens (including phenoxy) is 1. The third-order valence-electron chi connectivity index (χ3n) is 3.13. The summed E-state index contributed by atoms with van der Waals surface area (Å²) in [5.74, 6) is 0.897. The van der Waals surface area contributed by atoms with Gasteiger partial charge >= 0.3 is 0 Å². The zero-order chi connectivity index (χ0) is 13.1. The van der Waals surface area contributed by atoms with Crippen LogP contribution in [0.1, 0.15) is 16.7 Å². The van der Waals surface area contributed by atoms with E-state index in [1.165, 1.54) is 16.7 Å². The Balaban J connectivity index is 2.56. The molecule has 0 aliphatic heterocycles. The van der Waals surface area contributed by atoms with Gasteiger partial charge in [-0.15, -0.1) is 0 Å². The molecule has 0 heterocycles. The van der Waals surface area contributed by atoms with Crippen LogP contribution in [0.25, 0.3) is 11.1 Å². The molecule has 2 nitrogen and oxygen atoms in total. The van der Waals surface area contributed by atoms with Gasteiger partial charge < -0.3 is 10.5 Å². The number of benzene rings is 2. The molecule has 2 N–H and O–H groups in total. The van der Waals surface area contributed by atoms with Crippen LogP contribution < -0.4 is 10.5 Å². The van der Waals surface area contributed by atoms with Gasteiger partial charge in [-0.2, -0.15) is 0 Å². The molecule has 0 bridgehead atoms. The SMILES string of the molecule is COc1c(C)cc(-c2cccc(C)c2)cc1CN. The molecular weight excluding hydrogens is 222 g/mol. The van der Waals surface area contributed by atoms with Gasteiger partial charge in [0.1, 0.15) is 5.75 Å². The largest absolute Gasteiger partial charge is 0.496 e. The molecule has 2 aromatic carbocycles. The van der Waals surface area contributed by atoms with Crippen molar-refractivity contribution >= 4 is 0 Å². The minimum atomic E-state index is 0.490. The lowest BCUT2D eigenvalue weighted by Gasteiger charge is -2.13. The Morgan fingerprint density at radius 3 is 2.44 bits per heavy atom. The lowest BCUT2D eigenvalue weighted by Crippen LogP contribution is -2.02. The highest BCUT2D eigenvalue weighted by atomic mass is 16.5. The lowest BCUT2D eigenvalue weighted by atomic mass is 9.98. The lowest BCUT2D eigenvalue weighted by molar-refractivity contribution is 0.407. The van der Waals surface area contributed by atoms with Crippen LogP contribution >= 0.6 is 0 Å². The van der Waals surface area contributed by atoms with Gasteiger partial charge in [-0.05, 0) is 42.7 Å². The molecule has 0 fully saturated rings. The minimum absolute atomic E-state index is 0.490. The Labute approximate surface area is 108 Å². The van der Waals surface area contributed by atoms with Gasteiger partial charge in [-0.3, -0.25) is 0 Å². The molecule has 0 unspecified atom stereocenters. The monoisotopic (exact) mass is 241 g/mol. The molecular formula is C16H19NO. The standard InChI is InChI=1S/C16H19NO/c1-11-5-4-6-13(7-11)14-8-12(2)16(18-3)15(9-14)10-17/h4-9H,10,17H2,1-3H3. The molecule has 2 rings (SSSR count). The average Bonchev–Trinajstić information content (AvgIpc) is 2.37. The second kappa shape index (κ2) is 5.23. The van der Waals surface area contributed by atoms with Gasteiger partial charge in [-0.25, -0.2) is 0 Å². The molecule has 0 amide bonds. The fraction of sp³-hybridized carbons (Fsp3) is 0.250. The van der Waals surface area contributed by atoms with Crippen LogP contribution in [0, 0.1) is 13.8 Å². The summed E-state index contributed by atoms with van der Waals surface area (Å²) in [6.07, 6.45) is 0. The number of hydrogen-bond donors (Lipinski definition) is 1. The number of hydrogen-bond acceptors (Lipinski definition) is 2. The molecule has 2 aromatic rings. The molecule has 0 radical (unpaired) electrons. The highest BCUT2D eigenvalue weighted by Crippen LogP contribution is 2.30. The van der Waals surface area contributed by atoms with Crippen molar-refractivity contribution in [2.75, 3.05) is 7.11 Å². The van der Waals surface area contributed by atoms with Gasteiger partial charge in [0, 0.05) is 12.1 Å². The van der Waals surface area contributed by atoms with Crippen LogP contribution in [0.3, 0.4) is 0 Å². The van der Waals surface area contributed by atoms with Gasteiger partial charge in [0.05, 0.1) is 7.11 Å². The second-order valence-corrected chi connectivity index (χ2v) is 4.56. The minimum Gasteiger partial charge on any atom is -0.496 e. The molecule has 0 atom stereocenters. The van der Waals surface area contributed by atoms with E-state index >= 15 is 0 Å². The molecule has 0 saturated heterocycles. The quantitative estimate of drug-likeness (QED) is 0.893. The van der Waals surface area contributed by atoms with Crippen molar-refractivity contribution in [1.29, 1.82) is 0 Å². The maximum absolute atomic E-state index is 5.79. The molecule has 0 aromatic heterocycles. The smallest absolute Gasteiger partial charge is 0.126 e. The van der Waals surface area contributed by atoms with Crippen molar-refractivity contribution in [3.63, 3.8) is 0 Å². The van der Waals surface area contributed by atoms with Gasteiger partial charge in [0.2, 0.25) is 0 Å². The number of rotatable bonds is 3. The third-order valence-corrected chi connectivity index (χ3v) is 3.13. The van der Waals surface area contributed by atoms with E-state index in [0.717, 1.165) is 16.9 Å². The Hall–Kier alpha value is -1.80. The Morgan fingerprint density at radius 1 is 1.06 bits per heavy atom. The van der Waals surface area contributed by atoms with E-state index in [1.54, 1.807) is 7.11 Å². The van der Waals surface area contributed by atoms with Crippen molar-refractivity contribution in [3.05, 3.63) is 53.1 Å². The summed E-state index contributed by atoms with van der Waals surface area (Å²) in [5, 5.41) is 0. The molecule has 0 aliphatic carbocycles. The molecule has 0 saturated carbocycles. The van der Waals surface area contributed by atoms with Crippen LogP contribution in [0.15, 0.2) is 36.4 Å². The van der Waals surface area contributed by atoms with Crippen molar-refractivity contribution in [3.8, 4) is 16.9 Å². The first kappa shape index (κ1) is 12.7. The van der Waals surface area contributed by atoms with Crippen LogP contribution in [0.5, 0.6) is 5.75 Å². The van der Waals surface area contributed by atoms with Crippen molar-refractivity contribution in [2.45, 2.75) is 20.4 Å². The van der Waals surface area contributed by atoms with E-state index in [2.05, 4.69) is 50.2 Å². The normalized spacial score (nSPS) is 10.4. The van der Waals surface area contributed by atoms with Gasteiger partial charge in [-0.1, -0.05) is 29.8 Å². The van der Waals surface area contributed by atoms with Crippen LogP contribution in [0.2, 0.25) is 0 Å². The Morgan fingerprint density at radius 2 is 1.83 bits per heavy atom. The van der Waals surface area contributed by atoms with E-state index in [0.29, 0.717) is 6.54 Å². The van der Waals surface area contributed by atoms with E-state index in [-0.39, 0.29) is 0 Å². The van der Waals surface area contributed by atoms with Crippen LogP contribution in [-0.2, 0) is 6.54 Å². The Kier molecular flexibility index (Phi) is 3.68. The highest BCUT2D eigenvalue weighted by molar-refractivity contribution is 5.68. The molecule has 18 heavy (non-hydrogen) atoms. The average molecular weight is 241 g/mol. The summed E-state index contributed by atoms with van der Waals surface area (Å²) in [4.78, 5) is 0. The third kappa shape index (κ3) is 2.39. The molecule has 94 valence electrons. The first-order chi connectivity index (χ1) is 8.65. The molecule has 0 aliphatic rings. The summed E-state index contributed by atoms with van der Waals surface area (Å²) < 4.78 is 5.40. The number of aryl methyl sites for hydroxylation is 2. The summed E-state index contributed by atoms with van der Waals surface area (Å²) >= 11 is 0. The van der Waals surface area contributed by atoms with E-state index < -0.39 is 0 Å². The van der Waals surface area contributed by atoms with Crippen molar-refractivity contribution in [1.82, 2.24) is 0 Å². The van der Waals surface area contributed by atoms with Crippen LogP contribution in [0.4, 0.5) is 0 Å². The second-order valence-electron chi connectivity index (χ2n) is 4.56. The van der Waals surface area contributed by atoms with Crippen molar-refractivity contribution < 1.29 is 4.74 Å². The summed E-state index contributed by atoms with van der Waals surface area (Å²) in [7, 11) is 1.69. The molecule has 0 spiro atoms. The van der Waals surface area contributed by atoms with Crippen molar-refractivity contribution in [2.24, 2.45) is 5.73 Å². The van der Waals surface area contributed by atoms with Gasteiger partial charge in [0.25, 0.3) is 0 Å². The van der Waals surface area contributed by atoms with Gasteiger partial charge in [0.15, 0.2) is 0 Å². The first-order valence-electron chi connectivity index (χ1n) is 6.10. The Bertz CT molecular complexity index is 561. The predicted octanol–water partition coefficient (Wildman–Crippen LogP) is 3.44. The molecule has 2 heteroatoms. The zero-order valence-electron chi connectivity index (χ0n) is 11.2. The fourth-order valence-electron chi connectivity index (χ4n) is 2.28. The zero-order valence-corrected chi connectivity index (χ0v) is 11.2. The van der Waals surface area contributed by atoms with E-state index in [4.69, 9.17) is 10.5 Å². The summed E-state index contributed by atoms with van der Waals surface area (Å²) in [5.41, 5.74) is 11.6. The summed E-state index contributed by atoms with van der Waals surface area (Å²) in [6, 6.07) is 12.7. The fourth-order valence-corrected chi connectivity index (χ4v) is 2.28. The predicted molar refractivity (Wildman–Crippen MR) is 75.8 cm³/mol. The summed E-state index contributed by atoms with van der Waals surface area (Å²) in [6.45, 7) is 4.64. The van der Waals surface area contributed by atoms with E-state index in [9.17, 15) is 0 Å². The van der Waals surface area contributed by atoms with E-state index in [1.807, 2.05) is 0 Å². The topological polar surface area (TPSA) is 35.2 Å². The number of methoxy groups -OCH3 is 1.